The van der Waals surface area contributed by atoms with Crippen molar-refractivity contribution in [2.45, 2.75) is 13.8 Å². The van der Waals surface area contributed by atoms with E-state index in [1.165, 1.54) is 18.1 Å². The molecular formula is C9H12N2O2. The maximum Gasteiger partial charge on any atom is 0.304 e. The first-order valence-corrected chi connectivity index (χ1v) is 3.96. The maximum absolute atomic E-state index is 11.1. The fourth-order valence-electron chi connectivity index (χ4n) is 0.936. The quantitative estimate of drug-likeness (QED) is 0.662. The van der Waals surface area contributed by atoms with Crippen molar-refractivity contribution in [1.82, 2.24) is 4.98 Å². The van der Waals surface area contributed by atoms with E-state index < -0.39 is 0 Å². The molecule has 1 aromatic heterocycles. The van der Waals surface area contributed by atoms with Gasteiger partial charge in [0.25, 0.3) is 0 Å². The zero-order valence-electron chi connectivity index (χ0n) is 7.78. The van der Waals surface area contributed by atoms with Gasteiger partial charge in [0.2, 0.25) is 5.91 Å². The molecule has 0 aliphatic carbocycles. The average Bonchev–Trinajstić information content (AvgIpc) is 2.46. The van der Waals surface area contributed by atoms with Gasteiger partial charge in [-0.1, -0.05) is 6.08 Å². The van der Waals surface area contributed by atoms with Gasteiger partial charge in [0.1, 0.15) is 6.26 Å². The van der Waals surface area contributed by atoms with Crippen LogP contribution < -0.4 is 4.90 Å². The van der Waals surface area contributed by atoms with Gasteiger partial charge in [0.05, 0.1) is 5.69 Å². The Kier molecular flexibility index (Phi) is 2.84. The van der Waals surface area contributed by atoms with Crippen molar-refractivity contribution in [1.29, 1.82) is 0 Å². The standard InChI is InChI=1S/C9H12N2O2/c1-4-5-11(8(3)12)9-10-7(2)6-13-9/h4,6H,1,5H2,2-3H3. The molecule has 0 saturated heterocycles. The van der Waals surface area contributed by atoms with Gasteiger partial charge in [0.15, 0.2) is 0 Å². The van der Waals surface area contributed by atoms with Gasteiger partial charge in [-0.3, -0.25) is 9.69 Å². The summed E-state index contributed by atoms with van der Waals surface area (Å²) in [6.45, 7) is 7.23. The normalized spacial score (nSPS) is 9.69. The molecule has 0 N–H and O–H groups in total. The van der Waals surface area contributed by atoms with E-state index >= 15 is 0 Å². The van der Waals surface area contributed by atoms with Crippen LogP contribution in [-0.2, 0) is 4.79 Å². The first-order chi connectivity index (χ1) is 6.15. The molecule has 4 heteroatoms. The van der Waals surface area contributed by atoms with Crippen molar-refractivity contribution in [3.8, 4) is 0 Å². The summed E-state index contributed by atoms with van der Waals surface area (Å²) < 4.78 is 5.09. The molecule has 1 heterocycles. The van der Waals surface area contributed by atoms with Crippen LogP contribution in [0.2, 0.25) is 0 Å². The largest absolute Gasteiger partial charge is 0.431 e. The van der Waals surface area contributed by atoms with Crippen LogP contribution in [0.4, 0.5) is 6.01 Å². The van der Waals surface area contributed by atoms with E-state index in [4.69, 9.17) is 4.42 Å². The van der Waals surface area contributed by atoms with Crippen molar-refractivity contribution < 1.29 is 9.21 Å². The second-order valence-electron chi connectivity index (χ2n) is 2.69. The molecule has 0 bridgehead atoms. The molecular weight excluding hydrogens is 168 g/mol. The Balaban J connectivity index is 2.87. The zero-order valence-corrected chi connectivity index (χ0v) is 7.78. The predicted molar refractivity (Wildman–Crippen MR) is 49.5 cm³/mol. The van der Waals surface area contributed by atoms with Crippen molar-refractivity contribution >= 4 is 11.9 Å². The van der Waals surface area contributed by atoms with Crippen LogP contribution in [0.15, 0.2) is 23.3 Å². The number of aromatic nitrogens is 1. The Morgan fingerprint density at radius 3 is 2.92 bits per heavy atom. The minimum atomic E-state index is -0.109. The number of anilines is 1. The lowest BCUT2D eigenvalue weighted by Crippen LogP contribution is -2.28. The first kappa shape index (κ1) is 9.51. The summed E-state index contributed by atoms with van der Waals surface area (Å²) in [6, 6.07) is 0.324. The smallest absolute Gasteiger partial charge is 0.304 e. The van der Waals surface area contributed by atoms with Gasteiger partial charge in [-0.15, -0.1) is 6.58 Å². The Morgan fingerprint density at radius 2 is 2.54 bits per heavy atom. The molecule has 0 unspecified atom stereocenters. The van der Waals surface area contributed by atoms with Crippen LogP contribution in [0.25, 0.3) is 0 Å². The molecule has 0 fully saturated rings. The highest BCUT2D eigenvalue weighted by Crippen LogP contribution is 2.12. The summed E-state index contributed by atoms with van der Waals surface area (Å²) in [4.78, 5) is 16.6. The molecule has 0 saturated carbocycles. The summed E-state index contributed by atoms with van der Waals surface area (Å²) in [5.74, 6) is -0.109. The van der Waals surface area contributed by atoms with Crippen LogP contribution in [0.1, 0.15) is 12.6 Å². The lowest BCUT2D eigenvalue weighted by Gasteiger charge is -2.13. The number of carbonyl (C=O) groups is 1. The van der Waals surface area contributed by atoms with E-state index in [1.807, 2.05) is 0 Å². The summed E-state index contributed by atoms with van der Waals surface area (Å²) in [5.41, 5.74) is 0.755. The third kappa shape index (κ3) is 2.18. The Labute approximate surface area is 76.9 Å². The van der Waals surface area contributed by atoms with Gasteiger partial charge in [-0.25, -0.2) is 0 Å². The minimum Gasteiger partial charge on any atom is -0.431 e. The second kappa shape index (κ2) is 3.89. The summed E-state index contributed by atoms with van der Waals surface area (Å²) in [7, 11) is 0. The maximum atomic E-state index is 11.1. The molecule has 1 aromatic rings. The zero-order chi connectivity index (χ0) is 9.84. The monoisotopic (exact) mass is 180 g/mol. The highest BCUT2D eigenvalue weighted by atomic mass is 16.4. The average molecular weight is 180 g/mol. The number of aryl methyl sites for hydroxylation is 1. The SMILES string of the molecule is C=CCN(C(C)=O)c1nc(C)co1. The van der Waals surface area contributed by atoms with Gasteiger partial charge in [-0.05, 0) is 6.92 Å². The van der Waals surface area contributed by atoms with Crippen LogP contribution in [0.3, 0.4) is 0 Å². The molecule has 0 aliphatic heterocycles. The Hall–Kier alpha value is -1.58. The van der Waals surface area contributed by atoms with Gasteiger partial charge >= 0.3 is 6.01 Å². The molecule has 0 aliphatic rings. The molecule has 0 aromatic carbocycles. The number of oxazole rings is 1. The molecule has 0 atom stereocenters. The van der Waals surface area contributed by atoms with Crippen LogP contribution in [-0.4, -0.2) is 17.4 Å². The van der Waals surface area contributed by atoms with E-state index in [2.05, 4.69) is 11.6 Å². The minimum absolute atomic E-state index is 0.109. The molecule has 1 amide bonds. The van der Waals surface area contributed by atoms with Crippen molar-refractivity contribution in [3.05, 3.63) is 24.6 Å². The first-order valence-electron chi connectivity index (χ1n) is 3.96. The van der Waals surface area contributed by atoms with Crippen molar-refractivity contribution in [2.24, 2.45) is 0 Å². The van der Waals surface area contributed by atoms with E-state index in [1.54, 1.807) is 13.0 Å². The third-order valence-corrected chi connectivity index (χ3v) is 1.53. The number of hydrogen-bond acceptors (Lipinski definition) is 3. The summed E-state index contributed by atoms with van der Waals surface area (Å²) in [5, 5.41) is 0. The third-order valence-electron chi connectivity index (χ3n) is 1.53. The van der Waals surface area contributed by atoms with E-state index in [0.29, 0.717) is 12.6 Å². The fraction of sp³-hybridized carbons (Fsp3) is 0.333. The molecule has 4 nitrogen and oxygen atoms in total. The highest BCUT2D eigenvalue weighted by molar-refractivity contribution is 5.89. The van der Waals surface area contributed by atoms with E-state index in [0.717, 1.165) is 5.69 Å². The lowest BCUT2D eigenvalue weighted by atomic mass is 10.5. The molecule has 1 rings (SSSR count). The fourth-order valence-corrected chi connectivity index (χ4v) is 0.936. The number of amides is 1. The van der Waals surface area contributed by atoms with Gasteiger partial charge < -0.3 is 4.42 Å². The summed E-state index contributed by atoms with van der Waals surface area (Å²) >= 11 is 0. The number of rotatable bonds is 3. The summed E-state index contributed by atoms with van der Waals surface area (Å²) in [6.07, 6.45) is 3.13. The van der Waals surface area contributed by atoms with E-state index in [9.17, 15) is 4.79 Å². The number of hydrogen-bond donors (Lipinski definition) is 0. The van der Waals surface area contributed by atoms with Crippen molar-refractivity contribution in [2.75, 3.05) is 11.4 Å². The molecule has 70 valence electrons. The number of nitrogens with zero attached hydrogens (tertiary/aromatic N) is 2. The van der Waals surface area contributed by atoms with Gasteiger partial charge in [0, 0.05) is 13.5 Å². The van der Waals surface area contributed by atoms with Crippen LogP contribution >= 0.6 is 0 Å². The lowest BCUT2D eigenvalue weighted by molar-refractivity contribution is -0.116. The van der Waals surface area contributed by atoms with Crippen molar-refractivity contribution in [3.63, 3.8) is 0 Å². The molecule has 13 heavy (non-hydrogen) atoms. The number of carbonyl (C=O) groups excluding carboxylic acids is 1. The highest BCUT2D eigenvalue weighted by Gasteiger charge is 2.14. The molecule has 0 radical (unpaired) electrons. The second-order valence-corrected chi connectivity index (χ2v) is 2.69. The topological polar surface area (TPSA) is 46.3 Å². The Morgan fingerprint density at radius 1 is 1.85 bits per heavy atom. The van der Waals surface area contributed by atoms with Gasteiger partial charge in [-0.2, -0.15) is 4.98 Å². The Bertz CT molecular complexity index is 317. The van der Waals surface area contributed by atoms with E-state index in [-0.39, 0.29) is 5.91 Å². The predicted octanol–water partition coefficient (Wildman–Crippen LogP) is 1.52. The van der Waals surface area contributed by atoms with Crippen LogP contribution in [0, 0.1) is 6.92 Å². The van der Waals surface area contributed by atoms with Crippen LogP contribution in [0.5, 0.6) is 0 Å². The molecule has 0 spiro atoms.